The summed E-state index contributed by atoms with van der Waals surface area (Å²) in [5.41, 5.74) is 4.73. The third-order valence-corrected chi connectivity index (χ3v) is 6.55. The number of fused-ring (bicyclic) bond motifs is 3. The van der Waals surface area contributed by atoms with Crippen molar-refractivity contribution < 1.29 is 19.1 Å². The first-order chi connectivity index (χ1) is 14.7. The molecule has 2 saturated carbocycles. The molecule has 0 aromatic heterocycles. The van der Waals surface area contributed by atoms with Gasteiger partial charge in [0.25, 0.3) is 0 Å². The van der Waals surface area contributed by atoms with E-state index in [9.17, 15) is 9.59 Å². The summed E-state index contributed by atoms with van der Waals surface area (Å²) in [4.78, 5) is 25.2. The molecular formula is C25H27NO4. The van der Waals surface area contributed by atoms with E-state index in [2.05, 4.69) is 29.6 Å². The van der Waals surface area contributed by atoms with Gasteiger partial charge >= 0.3 is 12.1 Å². The largest absolute Gasteiger partial charge is 0.461 e. The Morgan fingerprint density at radius 1 is 0.900 bits per heavy atom. The smallest absolute Gasteiger partial charge is 0.407 e. The molecule has 0 heterocycles. The maximum Gasteiger partial charge on any atom is 0.407 e. The summed E-state index contributed by atoms with van der Waals surface area (Å²) in [6.45, 7) is 0.245. The molecule has 156 valence electrons. The Labute approximate surface area is 176 Å². The Bertz CT molecular complexity index is 900. The molecule has 3 aliphatic carbocycles. The van der Waals surface area contributed by atoms with Crippen molar-refractivity contribution in [1.29, 1.82) is 0 Å². The number of hydrogen-bond acceptors (Lipinski definition) is 4. The predicted molar refractivity (Wildman–Crippen MR) is 113 cm³/mol. The lowest BCUT2D eigenvalue weighted by Crippen LogP contribution is -2.44. The molecule has 2 fully saturated rings. The Kier molecular flexibility index (Phi) is 5.19. The van der Waals surface area contributed by atoms with E-state index in [0.717, 1.165) is 38.5 Å². The minimum Gasteiger partial charge on any atom is -0.461 e. The Morgan fingerprint density at radius 2 is 1.50 bits per heavy atom. The molecule has 0 saturated heterocycles. The monoisotopic (exact) mass is 405 g/mol. The number of rotatable bonds is 6. The molecule has 5 heteroatoms. The second kappa shape index (κ2) is 8.13. The van der Waals surface area contributed by atoms with E-state index in [1.807, 2.05) is 24.3 Å². The fourth-order valence-corrected chi connectivity index (χ4v) is 4.81. The van der Waals surface area contributed by atoms with Crippen molar-refractivity contribution in [2.45, 2.75) is 56.6 Å². The highest BCUT2D eigenvalue weighted by Crippen LogP contribution is 2.44. The normalized spacial score (nSPS) is 19.1. The molecule has 5 nitrogen and oxygen atoms in total. The average Bonchev–Trinajstić information content (AvgIpc) is 3.38. The molecule has 0 unspecified atom stereocenters. The maximum absolute atomic E-state index is 12.6. The first-order valence-electron chi connectivity index (χ1n) is 11.0. The molecule has 0 aliphatic heterocycles. The van der Waals surface area contributed by atoms with Crippen LogP contribution in [0, 0.1) is 5.92 Å². The zero-order chi connectivity index (χ0) is 20.5. The van der Waals surface area contributed by atoms with Crippen LogP contribution in [0.25, 0.3) is 11.1 Å². The SMILES string of the molecule is O=C(N[C@H](C(=O)OC1CCCC1)C1CC1)OCC1c2ccccc2-c2ccccc21. The van der Waals surface area contributed by atoms with Gasteiger partial charge in [0.15, 0.2) is 0 Å². The summed E-state index contributed by atoms with van der Waals surface area (Å²) >= 11 is 0. The molecule has 0 radical (unpaired) electrons. The molecule has 0 spiro atoms. The van der Waals surface area contributed by atoms with Gasteiger partial charge in [0.1, 0.15) is 18.8 Å². The molecule has 5 rings (SSSR count). The average molecular weight is 405 g/mol. The lowest BCUT2D eigenvalue weighted by Gasteiger charge is -2.20. The molecule has 3 aliphatic rings. The van der Waals surface area contributed by atoms with Gasteiger partial charge in [-0.1, -0.05) is 48.5 Å². The van der Waals surface area contributed by atoms with Gasteiger partial charge in [-0.25, -0.2) is 9.59 Å². The molecular weight excluding hydrogens is 378 g/mol. The first kappa shape index (κ1) is 19.2. The van der Waals surface area contributed by atoms with Gasteiger partial charge in [0.05, 0.1) is 0 Å². The van der Waals surface area contributed by atoms with E-state index in [4.69, 9.17) is 9.47 Å². The second-order valence-corrected chi connectivity index (χ2v) is 8.63. The molecule has 1 atom stereocenters. The number of ether oxygens (including phenoxy) is 2. The number of hydrogen-bond donors (Lipinski definition) is 1. The summed E-state index contributed by atoms with van der Waals surface area (Å²) in [5.74, 6) is -0.134. The van der Waals surface area contributed by atoms with Crippen LogP contribution < -0.4 is 5.32 Å². The summed E-state index contributed by atoms with van der Waals surface area (Å²) in [5, 5.41) is 2.79. The van der Waals surface area contributed by atoms with Crippen molar-refractivity contribution in [2.75, 3.05) is 6.61 Å². The molecule has 1 amide bonds. The third-order valence-electron chi connectivity index (χ3n) is 6.55. The number of esters is 1. The molecule has 1 N–H and O–H groups in total. The van der Waals surface area contributed by atoms with Crippen molar-refractivity contribution in [1.82, 2.24) is 5.32 Å². The third kappa shape index (κ3) is 3.81. The van der Waals surface area contributed by atoms with Gasteiger partial charge < -0.3 is 14.8 Å². The predicted octanol–water partition coefficient (Wildman–Crippen LogP) is 4.79. The quantitative estimate of drug-likeness (QED) is 0.702. The van der Waals surface area contributed by atoms with E-state index < -0.39 is 12.1 Å². The first-order valence-corrected chi connectivity index (χ1v) is 11.0. The number of carbonyl (C=O) groups excluding carboxylic acids is 2. The second-order valence-electron chi connectivity index (χ2n) is 8.63. The van der Waals surface area contributed by atoms with Crippen LogP contribution in [0.3, 0.4) is 0 Å². The van der Waals surface area contributed by atoms with Gasteiger partial charge in [0, 0.05) is 5.92 Å². The van der Waals surface area contributed by atoms with Gasteiger partial charge in [-0.2, -0.15) is 0 Å². The highest BCUT2D eigenvalue weighted by atomic mass is 16.6. The minimum absolute atomic E-state index is 0.00284. The van der Waals surface area contributed by atoms with Gasteiger partial charge in [-0.05, 0) is 66.7 Å². The topological polar surface area (TPSA) is 64.6 Å². The minimum atomic E-state index is -0.596. The van der Waals surface area contributed by atoms with Crippen LogP contribution >= 0.6 is 0 Å². The number of nitrogens with one attached hydrogen (secondary N) is 1. The molecule has 0 bridgehead atoms. The Morgan fingerprint density at radius 3 is 2.10 bits per heavy atom. The maximum atomic E-state index is 12.6. The van der Waals surface area contributed by atoms with Crippen LogP contribution in [-0.4, -0.2) is 30.8 Å². The van der Waals surface area contributed by atoms with E-state index in [1.54, 1.807) is 0 Å². The fourth-order valence-electron chi connectivity index (χ4n) is 4.81. The summed E-state index contributed by atoms with van der Waals surface area (Å²) in [6.07, 6.45) is 5.39. The van der Waals surface area contributed by atoms with Crippen molar-refractivity contribution in [2.24, 2.45) is 5.92 Å². The zero-order valence-corrected chi connectivity index (χ0v) is 17.0. The lowest BCUT2D eigenvalue weighted by molar-refractivity contribution is -0.151. The fraction of sp³-hybridized carbons (Fsp3) is 0.440. The number of carbonyl (C=O) groups is 2. The van der Waals surface area contributed by atoms with E-state index in [1.165, 1.54) is 22.3 Å². The Hall–Kier alpha value is -2.82. The van der Waals surface area contributed by atoms with E-state index >= 15 is 0 Å². The number of benzene rings is 2. The number of amides is 1. The van der Waals surface area contributed by atoms with Crippen LogP contribution in [0.2, 0.25) is 0 Å². The van der Waals surface area contributed by atoms with Gasteiger partial charge in [-0.3, -0.25) is 0 Å². The van der Waals surface area contributed by atoms with Crippen LogP contribution in [0.4, 0.5) is 4.79 Å². The van der Waals surface area contributed by atoms with Gasteiger partial charge in [0.2, 0.25) is 0 Å². The van der Waals surface area contributed by atoms with Gasteiger partial charge in [-0.15, -0.1) is 0 Å². The van der Waals surface area contributed by atoms with Crippen molar-refractivity contribution in [3.8, 4) is 11.1 Å². The standard InChI is InChI=1S/C25H27NO4/c27-24(30-17-7-1-2-8-17)23(16-13-14-16)26-25(28)29-15-22-20-11-5-3-9-18(20)19-10-4-6-12-21(19)22/h3-6,9-12,16-17,22-23H,1-2,7-8,13-15H2,(H,26,28)/t23-/m0/s1. The summed E-state index contributed by atoms with van der Waals surface area (Å²) in [7, 11) is 0. The molecule has 2 aromatic carbocycles. The Balaban J connectivity index is 1.23. The highest BCUT2D eigenvalue weighted by molar-refractivity contribution is 5.82. The van der Waals surface area contributed by atoms with E-state index in [-0.39, 0.29) is 30.5 Å². The van der Waals surface area contributed by atoms with Crippen LogP contribution in [0.15, 0.2) is 48.5 Å². The summed E-state index contributed by atoms with van der Waals surface area (Å²) < 4.78 is 11.2. The van der Waals surface area contributed by atoms with Crippen LogP contribution in [-0.2, 0) is 14.3 Å². The van der Waals surface area contributed by atoms with Crippen molar-refractivity contribution >= 4 is 12.1 Å². The van der Waals surface area contributed by atoms with Crippen molar-refractivity contribution in [3.63, 3.8) is 0 Å². The van der Waals surface area contributed by atoms with Crippen molar-refractivity contribution in [3.05, 3.63) is 59.7 Å². The number of alkyl carbamates (subject to hydrolysis) is 1. The lowest BCUT2D eigenvalue weighted by atomic mass is 9.98. The molecule has 30 heavy (non-hydrogen) atoms. The van der Waals surface area contributed by atoms with E-state index in [0.29, 0.717) is 0 Å². The van der Waals surface area contributed by atoms with Crippen LogP contribution in [0.1, 0.15) is 55.6 Å². The molecule has 2 aromatic rings. The van der Waals surface area contributed by atoms with Crippen LogP contribution in [0.5, 0.6) is 0 Å². The zero-order valence-electron chi connectivity index (χ0n) is 17.0. The summed E-state index contributed by atoms with van der Waals surface area (Å²) in [6, 6.07) is 15.9. The highest BCUT2D eigenvalue weighted by Gasteiger charge is 2.40.